The molecule has 2 N–H and O–H groups in total. The third kappa shape index (κ3) is 5.15. The number of anilines is 1. The van der Waals surface area contributed by atoms with Gasteiger partial charge in [0, 0.05) is 31.6 Å². The van der Waals surface area contributed by atoms with E-state index in [2.05, 4.69) is 32.0 Å². The molecule has 0 atom stereocenters. The summed E-state index contributed by atoms with van der Waals surface area (Å²) in [6.07, 6.45) is 2.37. The highest BCUT2D eigenvalue weighted by molar-refractivity contribution is 5.85. The molecule has 1 fully saturated rings. The van der Waals surface area contributed by atoms with Crippen LogP contribution in [0, 0.1) is 13.8 Å². The van der Waals surface area contributed by atoms with Gasteiger partial charge in [-0.15, -0.1) is 12.4 Å². The van der Waals surface area contributed by atoms with Gasteiger partial charge >= 0.3 is 0 Å². The van der Waals surface area contributed by atoms with Gasteiger partial charge in [0.25, 0.3) is 0 Å². The van der Waals surface area contributed by atoms with Crippen molar-refractivity contribution in [3.05, 3.63) is 59.2 Å². The van der Waals surface area contributed by atoms with E-state index in [1.807, 2.05) is 29.2 Å². The second-order valence-electron chi connectivity index (χ2n) is 6.89. The van der Waals surface area contributed by atoms with Crippen molar-refractivity contribution in [2.75, 3.05) is 18.8 Å². The lowest BCUT2D eigenvalue weighted by Crippen LogP contribution is -2.42. The Hall–Kier alpha value is -2.20. The first kappa shape index (κ1) is 20.1. The summed E-state index contributed by atoms with van der Waals surface area (Å²) in [7, 11) is 0. The molecule has 0 saturated carbocycles. The smallest absolute Gasteiger partial charge is 0.226 e. The predicted octanol–water partition coefficient (Wildman–Crippen LogP) is 3.92. The van der Waals surface area contributed by atoms with E-state index in [9.17, 15) is 4.79 Å². The summed E-state index contributed by atoms with van der Waals surface area (Å²) < 4.78 is 6.17. The Morgan fingerprint density at radius 2 is 1.77 bits per heavy atom. The molecule has 3 rings (SSSR count). The van der Waals surface area contributed by atoms with E-state index in [1.54, 1.807) is 0 Å². The molecule has 1 aliphatic rings. The lowest BCUT2D eigenvalue weighted by molar-refractivity contribution is -0.132. The molecular formula is C21H27ClN2O2. The zero-order chi connectivity index (χ0) is 17.8. The first-order valence-electron chi connectivity index (χ1n) is 8.87. The highest BCUT2D eigenvalue weighted by Gasteiger charge is 2.24. The number of aryl methyl sites for hydroxylation is 2. The Bertz CT molecular complexity index is 738. The number of piperidine rings is 1. The maximum Gasteiger partial charge on any atom is 0.226 e. The van der Waals surface area contributed by atoms with Crippen LogP contribution in [-0.2, 0) is 11.2 Å². The number of ether oxygens (including phenoxy) is 1. The van der Waals surface area contributed by atoms with Crippen LogP contribution in [0.2, 0.25) is 0 Å². The molecule has 4 nitrogen and oxygen atoms in total. The molecule has 140 valence electrons. The molecule has 0 bridgehead atoms. The average molecular weight is 375 g/mol. The number of carbonyl (C=O) groups is 1. The standard InChI is InChI=1S/C21H26N2O2.ClH/c1-15-3-4-16(2)20(13-15)25-19-9-11-23(12-10-19)21(24)14-17-5-7-18(22)8-6-17;/h3-8,13,19H,9-12,14,22H2,1-2H3;1H. The number of hydrogen-bond acceptors (Lipinski definition) is 3. The summed E-state index contributed by atoms with van der Waals surface area (Å²) in [5.41, 5.74) is 9.78. The number of likely N-dealkylation sites (tertiary alicyclic amines) is 1. The van der Waals surface area contributed by atoms with Crippen LogP contribution in [0.4, 0.5) is 5.69 Å². The lowest BCUT2D eigenvalue weighted by Gasteiger charge is -2.32. The van der Waals surface area contributed by atoms with Crippen molar-refractivity contribution < 1.29 is 9.53 Å². The predicted molar refractivity (Wildman–Crippen MR) is 108 cm³/mol. The highest BCUT2D eigenvalue weighted by atomic mass is 35.5. The van der Waals surface area contributed by atoms with Gasteiger partial charge in [-0.25, -0.2) is 0 Å². The van der Waals surface area contributed by atoms with Gasteiger partial charge in [-0.05, 0) is 48.7 Å². The number of benzene rings is 2. The summed E-state index contributed by atoms with van der Waals surface area (Å²) in [5, 5.41) is 0. The number of halogens is 1. The molecule has 2 aromatic carbocycles. The SMILES string of the molecule is Cc1ccc(C)c(OC2CCN(C(=O)Cc3ccc(N)cc3)CC2)c1.Cl. The number of nitrogens with two attached hydrogens (primary N) is 1. The maximum atomic E-state index is 12.5. The minimum Gasteiger partial charge on any atom is -0.490 e. The van der Waals surface area contributed by atoms with E-state index in [4.69, 9.17) is 10.5 Å². The van der Waals surface area contributed by atoms with Crippen molar-refractivity contribution in [1.82, 2.24) is 4.90 Å². The Labute approximate surface area is 161 Å². The summed E-state index contributed by atoms with van der Waals surface area (Å²) in [6.45, 7) is 5.65. The fraction of sp³-hybridized carbons (Fsp3) is 0.381. The van der Waals surface area contributed by atoms with Crippen LogP contribution >= 0.6 is 12.4 Å². The number of amides is 1. The molecule has 0 radical (unpaired) electrons. The molecule has 0 spiro atoms. The van der Waals surface area contributed by atoms with E-state index in [1.165, 1.54) is 5.56 Å². The summed E-state index contributed by atoms with van der Waals surface area (Å²) in [5.74, 6) is 1.14. The molecule has 26 heavy (non-hydrogen) atoms. The molecular weight excluding hydrogens is 348 g/mol. The highest BCUT2D eigenvalue weighted by Crippen LogP contribution is 2.24. The van der Waals surface area contributed by atoms with Gasteiger partial charge in [0.15, 0.2) is 0 Å². The van der Waals surface area contributed by atoms with Gasteiger partial charge < -0.3 is 15.4 Å². The number of nitrogen functional groups attached to an aromatic ring is 1. The van der Waals surface area contributed by atoms with Crippen molar-refractivity contribution in [2.45, 2.75) is 39.2 Å². The average Bonchev–Trinajstić information content (AvgIpc) is 2.61. The van der Waals surface area contributed by atoms with Crippen molar-refractivity contribution in [2.24, 2.45) is 0 Å². The lowest BCUT2D eigenvalue weighted by atomic mass is 10.1. The quantitative estimate of drug-likeness (QED) is 0.825. The molecule has 2 aromatic rings. The first-order valence-corrected chi connectivity index (χ1v) is 8.87. The van der Waals surface area contributed by atoms with E-state index in [0.717, 1.165) is 48.5 Å². The number of hydrogen-bond donors (Lipinski definition) is 1. The monoisotopic (exact) mass is 374 g/mol. The van der Waals surface area contributed by atoms with Gasteiger partial charge in [0.2, 0.25) is 5.91 Å². The van der Waals surface area contributed by atoms with E-state index >= 15 is 0 Å². The van der Waals surface area contributed by atoms with Crippen LogP contribution in [-0.4, -0.2) is 30.0 Å². The molecule has 1 aliphatic heterocycles. The van der Waals surface area contributed by atoms with Crippen LogP contribution in [0.15, 0.2) is 42.5 Å². The summed E-state index contributed by atoms with van der Waals surface area (Å²) >= 11 is 0. The van der Waals surface area contributed by atoms with E-state index < -0.39 is 0 Å². The van der Waals surface area contributed by atoms with Crippen molar-refractivity contribution in [3.8, 4) is 5.75 Å². The zero-order valence-corrected chi connectivity index (χ0v) is 16.2. The van der Waals surface area contributed by atoms with Crippen LogP contribution in [0.3, 0.4) is 0 Å². The number of nitrogens with zero attached hydrogens (tertiary/aromatic N) is 1. The van der Waals surface area contributed by atoms with Gasteiger partial charge in [0.05, 0.1) is 6.42 Å². The van der Waals surface area contributed by atoms with Crippen LogP contribution in [0.5, 0.6) is 5.75 Å². The second kappa shape index (κ2) is 8.95. The first-order chi connectivity index (χ1) is 12.0. The fourth-order valence-corrected chi connectivity index (χ4v) is 3.16. The third-order valence-corrected chi connectivity index (χ3v) is 4.77. The maximum absolute atomic E-state index is 12.5. The Kier molecular flexibility index (Phi) is 6.92. The van der Waals surface area contributed by atoms with Gasteiger partial charge in [0.1, 0.15) is 11.9 Å². The Morgan fingerprint density at radius 3 is 2.42 bits per heavy atom. The summed E-state index contributed by atoms with van der Waals surface area (Å²) in [4.78, 5) is 14.4. The van der Waals surface area contributed by atoms with Crippen LogP contribution in [0.1, 0.15) is 29.5 Å². The Balaban J connectivity index is 0.00000243. The normalized spacial score (nSPS) is 14.6. The third-order valence-electron chi connectivity index (χ3n) is 4.77. The van der Waals surface area contributed by atoms with Gasteiger partial charge in [-0.2, -0.15) is 0 Å². The largest absolute Gasteiger partial charge is 0.490 e. The minimum absolute atomic E-state index is 0. The molecule has 1 amide bonds. The van der Waals surface area contributed by atoms with Gasteiger partial charge in [-0.1, -0.05) is 24.3 Å². The minimum atomic E-state index is 0. The molecule has 0 aliphatic carbocycles. The molecule has 1 saturated heterocycles. The van der Waals surface area contributed by atoms with Crippen molar-refractivity contribution in [3.63, 3.8) is 0 Å². The van der Waals surface area contributed by atoms with Gasteiger partial charge in [-0.3, -0.25) is 4.79 Å². The second-order valence-corrected chi connectivity index (χ2v) is 6.89. The topological polar surface area (TPSA) is 55.6 Å². The van der Waals surface area contributed by atoms with E-state index in [-0.39, 0.29) is 24.4 Å². The van der Waals surface area contributed by atoms with Crippen molar-refractivity contribution in [1.29, 1.82) is 0 Å². The molecule has 1 heterocycles. The molecule has 0 aromatic heterocycles. The summed E-state index contributed by atoms with van der Waals surface area (Å²) in [6, 6.07) is 13.8. The fourth-order valence-electron chi connectivity index (χ4n) is 3.16. The molecule has 5 heteroatoms. The number of carbonyl (C=O) groups excluding carboxylic acids is 1. The number of rotatable bonds is 4. The zero-order valence-electron chi connectivity index (χ0n) is 15.4. The van der Waals surface area contributed by atoms with E-state index in [0.29, 0.717) is 6.42 Å². The van der Waals surface area contributed by atoms with Crippen LogP contribution in [0.25, 0.3) is 0 Å². The van der Waals surface area contributed by atoms with Crippen LogP contribution < -0.4 is 10.5 Å². The Morgan fingerprint density at radius 1 is 1.12 bits per heavy atom. The molecule has 0 unspecified atom stereocenters. The van der Waals surface area contributed by atoms with Crippen molar-refractivity contribution >= 4 is 24.0 Å².